The molecule has 0 unspecified atom stereocenters. The van der Waals surface area contributed by atoms with Gasteiger partial charge in [-0.1, -0.05) is 18.2 Å². The van der Waals surface area contributed by atoms with Crippen LogP contribution in [-0.4, -0.2) is 61.2 Å². The highest BCUT2D eigenvalue weighted by Gasteiger charge is 2.18. The zero-order chi connectivity index (χ0) is 17.8. The van der Waals surface area contributed by atoms with E-state index in [1.807, 2.05) is 12.1 Å². The highest BCUT2D eigenvalue weighted by atomic mass is 16.5. The monoisotopic (exact) mass is 353 g/mol. The van der Waals surface area contributed by atoms with E-state index in [1.165, 1.54) is 11.1 Å². The van der Waals surface area contributed by atoms with Crippen LogP contribution in [0.5, 0.6) is 11.6 Å². The quantitative estimate of drug-likeness (QED) is 0.797. The van der Waals surface area contributed by atoms with Gasteiger partial charge in [0.1, 0.15) is 5.75 Å². The number of fused-ring (bicyclic) bond motifs is 1. The number of benzene rings is 1. The largest absolute Gasteiger partial charge is 0.493 e. The SMILES string of the molecule is COc1cccc(CN2CCN(CCc3ccc4c(c3)CCO4)CC2)n1. The minimum Gasteiger partial charge on any atom is -0.493 e. The van der Waals surface area contributed by atoms with E-state index in [-0.39, 0.29) is 0 Å². The van der Waals surface area contributed by atoms with Crippen molar-refractivity contribution in [3.8, 4) is 11.6 Å². The van der Waals surface area contributed by atoms with Crippen molar-refractivity contribution in [2.24, 2.45) is 0 Å². The first kappa shape index (κ1) is 17.3. The van der Waals surface area contributed by atoms with Crippen LogP contribution in [0.2, 0.25) is 0 Å². The summed E-state index contributed by atoms with van der Waals surface area (Å²) in [5.41, 5.74) is 3.88. The first-order valence-electron chi connectivity index (χ1n) is 9.49. The molecule has 0 amide bonds. The highest BCUT2D eigenvalue weighted by molar-refractivity contribution is 5.39. The van der Waals surface area contributed by atoms with Gasteiger partial charge >= 0.3 is 0 Å². The lowest BCUT2D eigenvalue weighted by atomic mass is 10.1. The number of pyridine rings is 1. The van der Waals surface area contributed by atoms with Crippen molar-refractivity contribution in [2.45, 2.75) is 19.4 Å². The normalized spacial score (nSPS) is 17.7. The molecule has 138 valence electrons. The van der Waals surface area contributed by atoms with Gasteiger partial charge in [0.25, 0.3) is 0 Å². The summed E-state index contributed by atoms with van der Waals surface area (Å²) in [6.07, 6.45) is 2.17. The molecule has 0 saturated carbocycles. The molecule has 2 aromatic rings. The van der Waals surface area contributed by atoms with Crippen LogP contribution in [0.15, 0.2) is 36.4 Å². The first-order valence-corrected chi connectivity index (χ1v) is 9.49. The molecule has 0 N–H and O–H groups in total. The Kier molecular flexibility index (Phi) is 5.37. The third-order valence-corrected chi connectivity index (χ3v) is 5.31. The standard InChI is InChI=1S/C21H27N3O2/c1-25-21-4-2-3-19(22-21)16-24-12-10-23(11-13-24)9-7-17-5-6-20-18(15-17)8-14-26-20/h2-6,15H,7-14,16H2,1H3. The Morgan fingerprint density at radius 1 is 1.08 bits per heavy atom. The number of methoxy groups -OCH3 is 1. The molecule has 0 spiro atoms. The number of nitrogens with zero attached hydrogens (tertiary/aromatic N) is 3. The Hall–Kier alpha value is -2.11. The molecule has 0 radical (unpaired) electrons. The van der Waals surface area contributed by atoms with E-state index >= 15 is 0 Å². The van der Waals surface area contributed by atoms with E-state index in [0.29, 0.717) is 5.88 Å². The van der Waals surface area contributed by atoms with E-state index in [0.717, 1.165) is 70.2 Å². The second kappa shape index (κ2) is 8.06. The van der Waals surface area contributed by atoms with Crippen LogP contribution >= 0.6 is 0 Å². The van der Waals surface area contributed by atoms with E-state index in [1.54, 1.807) is 7.11 Å². The Morgan fingerprint density at radius 3 is 2.77 bits per heavy atom. The number of rotatable bonds is 6. The van der Waals surface area contributed by atoms with Gasteiger partial charge in [-0.2, -0.15) is 0 Å². The first-order chi connectivity index (χ1) is 12.8. The third-order valence-electron chi connectivity index (χ3n) is 5.31. The molecule has 2 aliphatic heterocycles. The molecule has 5 nitrogen and oxygen atoms in total. The highest BCUT2D eigenvalue weighted by Crippen LogP contribution is 2.26. The van der Waals surface area contributed by atoms with Crippen LogP contribution in [0.25, 0.3) is 0 Å². The van der Waals surface area contributed by atoms with Crippen LogP contribution < -0.4 is 9.47 Å². The molecule has 2 aliphatic rings. The van der Waals surface area contributed by atoms with E-state index in [4.69, 9.17) is 9.47 Å². The summed E-state index contributed by atoms with van der Waals surface area (Å²) in [4.78, 5) is 9.57. The third kappa shape index (κ3) is 4.17. The van der Waals surface area contributed by atoms with Gasteiger partial charge in [-0.25, -0.2) is 4.98 Å². The molecule has 1 fully saturated rings. The Balaban J connectivity index is 1.23. The van der Waals surface area contributed by atoms with Crippen molar-refractivity contribution < 1.29 is 9.47 Å². The van der Waals surface area contributed by atoms with Crippen LogP contribution in [0.4, 0.5) is 0 Å². The fourth-order valence-corrected chi connectivity index (χ4v) is 3.74. The van der Waals surface area contributed by atoms with Gasteiger partial charge < -0.3 is 14.4 Å². The molecule has 3 heterocycles. The fourth-order valence-electron chi connectivity index (χ4n) is 3.74. The summed E-state index contributed by atoms with van der Waals surface area (Å²) in [5.74, 6) is 1.77. The van der Waals surface area contributed by atoms with Crippen LogP contribution in [-0.2, 0) is 19.4 Å². The van der Waals surface area contributed by atoms with Gasteiger partial charge in [-0.15, -0.1) is 0 Å². The van der Waals surface area contributed by atoms with Crippen molar-refractivity contribution >= 4 is 0 Å². The molecule has 1 saturated heterocycles. The summed E-state index contributed by atoms with van der Waals surface area (Å²) in [6, 6.07) is 12.7. The predicted molar refractivity (Wildman–Crippen MR) is 102 cm³/mol. The maximum atomic E-state index is 5.59. The van der Waals surface area contributed by atoms with Crippen molar-refractivity contribution in [3.05, 3.63) is 53.2 Å². The minimum absolute atomic E-state index is 0.695. The lowest BCUT2D eigenvalue weighted by molar-refractivity contribution is 0.127. The van der Waals surface area contributed by atoms with Gasteiger partial charge in [-0.05, 0) is 29.7 Å². The smallest absolute Gasteiger partial charge is 0.213 e. The Bertz CT molecular complexity index is 742. The average Bonchev–Trinajstić information content (AvgIpc) is 3.15. The van der Waals surface area contributed by atoms with Gasteiger partial charge in [0.05, 0.1) is 19.4 Å². The van der Waals surface area contributed by atoms with E-state index in [9.17, 15) is 0 Å². The van der Waals surface area contributed by atoms with Gasteiger partial charge in [0.15, 0.2) is 0 Å². The van der Waals surface area contributed by atoms with Gasteiger partial charge in [0, 0.05) is 51.8 Å². The Labute approximate surface area is 155 Å². The average molecular weight is 353 g/mol. The van der Waals surface area contributed by atoms with Crippen LogP contribution in [0.3, 0.4) is 0 Å². The zero-order valence-corrected chi connectivity index (χ0v) is 15.5. The topological polar surface area (TPSA) is 37.8 Å². The molecule has 0 bridgehead atoms. The lowest BCUT2D eigenvalue weighted by Crippen LogP contribution is -2.46. The van der Waals surface area contributed by atoms with Crippen LogP contribution in [0, 0.1) is 0 Å². The Morgan fingerprint density at radius 2 is 1.92 bits per heavy atom. The fraction of sp³-hybridized carbons (Fsp3) is 0.476. The van der Waals surface area contributed by atoms with Gasteiger partial charge in [-0.3, -0.25) is 4.90 Å². The number of piperazine rings is 1. The van der Waals surface area contributed by atoms with Crippen molar-refractivity contribution in [1.29, 1.82) is 0 Å². The maximum Gasteiger partial charge on any atom is 0.213 e. The predicted octanol–water partition coefficient (Wildman–Crippen LogP) is 2.39. The van der Waals surface area contributed by atoms with Crippen molar-refractivity contribution in [3.63, 3.8) is 0 Å². The molecule has 4 rings (SSSR count). The number of hydrogen-bond donors (Lipinski definition) is 0. The van der Waals surface area contributed by atoms with Crippen LogP contribution in [0.1, 0.15) is 16.8 Å². The molecule has 5 heteroatoms. The van der Waals surface area contributed by atoms with E-state index < -0.39 is 0 Å². The zero-order valence-electron chi connectivity index (χ0n) is 15.5. The summed E-state index contributed by atoms with van der Waals surface area (Å²) < 4.78 is 10.8. The second-order valence-electron chi connectivity index (χ2n) is 7.08. The molecule has 0 atom stereocenters. The summed E-state index contributed by atoms with van der Waals surface area (Å²) in [5, 5.41) is 0. The summed E-state index contributed by atoms with van der Waals surface area (Å²) in [7, 11) is 1.67. The molecular formula is C21H27N3O2. The maximum absolute atomic E-state index is 5.59. The number of ether oxygens (including phenoxy) is 2. The summed E-state index contributed by atoms with van der Waals surface area (Å²) >= 11 is 0. The van der Waals surface area contributed by atoms with Crippen molar-refractivity contribution in [1.82, 2.24) is 14.8 Å². The number of aromatic nitrogens is 1. The second-order valence-corrected chi connectivity index (χ2v) is 7.08. The van der Waals surface area contributed by atoms with Crippen molar-refractivity contribution in [2.75, 3.05) is 46.4 Å². The van der Waals surface area contributed by atoms with Gasteiger partial charge in [0.2, 0.25) is 5.88 Å². The lowest BCUT2D eigenvalue weighted by Gasteiger charge is -2.34. The number of hydrogen-bond acceptors (Lipinski definition) is 5. The molecule has 26 heavy (non-hydrogen) atoms. The minimum atomic E-state index is 0.695. The molecule has 1 aromatic heterocycles. The van der Waals surface area contributed by atoms with E-state index in [2.05, 4.69) is 39.0 Å². The molecular weight excluding hydrogens is 326 g/mol. The molecule has 1 aromatic carbocycles. The summed E-state index contributed by atoms with van der Waals surface area (Å²) in [6.45, 7) is 7.30. The molecule has 0 aliphatic carbocycles.